The topological polar surface area (TPSA) is 56.3 Å². The summed E-state index contributed by atoms with van der Waals surface area (Å²) < 4.78 is 52.5. The minimum atomic E-state index is -2.87. The molecule has 5 nitrogen and oxygen atoms in total. The molecule has 1 aromatic carbocycles. The molecule has 176 valence electrons. The third-order valence-electron chi connectivity index (χ3n) is 6.69. The van der Waals surface area contributed by atoms with E-state index in [1.165, 1.54) is 12.1 Å². The lowest BCUT2D eigenvalue weighted by Gasteiger charge is -2.38. The van der Waals surface area contributed by atoms with Crippen molar-refractivity contribution in [1.29, 1.82) is 0 Å². The SMILES string of the molecule is COC1CCC(OC)(c2cc3c(N[C@H](C)c4cccc(C(F)F)c4F)ccnc3cn2)CC1. The van der Waals surface area contributed by atoms with E-state index >= 15 is 0 Å². The monoisotopic (exact) mass is 459 g/mol. The van der Waals surface area contributed by atoms with E-state index in [4.69, 9.17) is 9.47 Å². The Kier molecular flexibility index (Phi) is 6.86. The number of rotatable bonds is 7. The van der Waals surface area contributed by atoms with Crippen LogP contribution in [0.2, 0.25) is 0 Å². The molecule has 3 aromatic rings. The zero-order chi connectivity index (χ0) is 23.6. The molecule has 0 saturated heterocycles. The fourth-order valence-electron chi connectivity index (χ4n) is 4.66. The molecular weight excluding hydrogens is 431 g/mol. The molecule has 8 heteroatoms. The maximum absolute atomic E-state index is 14.7. The van der Waals surface area contributed by atoms with Gasteiger partial charge in [0.25, 0.3) is 6.43 Å². The summed E-state index contributed by atoms with van der Waals surface area (Å²) in [5.74, 6) is -0.888. The van der Waals surface area contributed by atoms with E-state index in [0.717, 1.165) is 48.5 Å². The molecular formula is C25H28F3N3O2. The Morgan fingerprint density at radius 1 is 1.09 bits per heavy atom. The van der Waals surface area contributed by atoms with E-state index in [1.54, 1.807) is 39.6 Å². The van der Waals surface area contributed by atoms with Gasteiger partial charge < -0.3 is 14.8 Å². The van der Waals surface area contributed by atoms with Crippen molar-refractivity contribution in [3.63, 3.8) is 0 Å². The van der Waals surface area contributed by atoms with Crippen molar-refractivity contribution in [1.82, 2.24) is 9.97 Å². The fraction of sp³-hybridized carbons (Fsp3) is 0.440. The molecule has 1 aliphatic carbocycles. The number of hydrogen-bond acceptors (Lipinski definition) is 5. The maximum atomic E-state index is 14.7. The number of alkyl halides is 2. The molecule has 0 amide bonds. The Morgan fingerprint density at radius 2 is 1.82 bits per heavy atom. The van der Waals surface area contributed by atoms with E-state index in [0.29, 0.717) is 5.52 Å². The quantitative estimate of drug-likeness (QED) is 0.449. The molecule has 1 N–H and O–H groups in total. The Hall–Kier alpha value is -2.71. The molecule has 4 rings (SSSR count). The molecule has 0 unspecified atom stereocenters. The van der Waals surface area contributed by atoms with Crippen molar-refractivity contribution in [3.8, 4) is 0 Å². The smallest absolute Gasteiger partial charge is 0.266 e. The molecule has 2 heterocycles. The lowest BCUT2D eigenvalue weighted by molar-refractivity contribution is -0.0787. The molecule has 1 aliphatic rings. The number of nitrogens with zero attached hydrogens (tertiary/aromatic N) is 2. The van der Waals surface area contributed by atoms with Crippen molar-refractivity contribution in [2.24, 2.45) is 0 Å². The predicted molar refractivity (Wildman–Crippen MR) is 121 cm³/mol. The Balaban J connectivity index is 1.68. The van der Waals surface area contributed by atoms with Crippen LogP contribution in [-0.4, -0.2) is 30.3 Å². The highest BCUT2D eigenvalue weighted by atomic mass is 19.3. The van der Waals surface area contributed by atoms with Crippen LogP contribution in [0.1, 0.15) is 61.9 Å². The first-order chi connectivity index (χ1) is 15.9. The van der Waals surface area contributed by atoms with Gasteiger partial charge in [0.05, 0.1) is 35.1 Å². The average molecular weight is 460 g/mol. The van der Waals surface area contributed by atoms with Gasteiger partial charge in [-0.05, 0) is 44.7 Å². The van der Waals surface area contributed by atoms with Crippen molar-refractivity contribution in [3.05, 3.63) is 65.4 Å². The summed E-state index contributed by atoms with van der Waals surface area (Å²) >= 11 is 0. The van der Waals surface area contributed by atoms with Gasteiger partial charge in [0.2, 0.25) is 0 Å². The first-order valence-electron chi connectivity index (χ1n) is 11.0. The zero-order valence-electron chi connectivity index (χ0n) is 18.9. The molecule has 1 atom stereocenters. The summed E-state index contributed by atoms with van der Waals surface area (Å²) in [5, 5.41) is 4.08. The second-order valence-electron chi connectivity index (χ2n) is 8.50. The molecule has 33 heavy (non-hydrogen) atoms. The van der Waals surface area contributed by atoms with Crippen LogP contribution >= 0.6 is 0 Å². The van der Waals surface area contributed by atoms with E-state index in [2.05, 4.69) is 15.3 Å². The Bertz CT molecular complexity index is 1120. The van der Waals surface area contributed by atoms with Gasteiger partial charge in [-0.1, -0.05) is 18.2 Å². The minimum absolute atomic E-state index is 0.179. The van der Waals surface area contributed by atoms with Crippen LogP contribution in [0.15, 0.2) is 42.7 Å². The van der Waals surface area contributed by atoms with Crippen molar-refractivity contribution in [2.75, 3.05) is 19.5 Å². The van der Waals surface area contributed by atoms with Gasteiger partial charge >= 0.3 is 0 Å². The summed E-state index contributed by atoms with van der Waals surface area (Å²) in [6, 6.07) is 7.28. The van der Waals surface area contributed by atoms with Gasteiger partial charge in [-0.2, -0.15) is 0 Å². The van der Waals surface area contributed by atoms with Crippen LogP contribution in [0.25, 0.3) is 10.9 Å². The minimum Gasteiger partial charge on any atom is -0.381 e. The number of methoxy groups -OCH3 is 2. The summed E-state index contributed by atoms with van der Waals surface area (Å²) in [6.45, 7) is 1.74. The molecule has 0 bridgehead atoms. The van der Waals surface area contributed by atoms with Crippen molar-refractivity contribution >= 4 is 16.6 Å². The molecule has 1 saturated carbocycles. The first kappa shape index (κ1) is 23.4. The van der Waals surface area contributed by atoms with Crippen LogP contribution < -0.4 is 5.32 Å². The van der Waals surface area contributed by atoms with Gasteiger partial charge in [0, 0.05) is 37.1 Å². The number of hydrogen-bond donors (Lipinski definition) is 1. The van der Waals surface area contributed by atoms with Crippen molar-refractivity contribution in [2.45, 2.75) is 56.8 Å². The number of nitrogens with one attached hydrogen (secondary N) is 1. The highest BCUT2D eigenvalue weighted by molar-refractivity contribution is 5.91. The fourth-order valence-corrected chi connectivity index (χ4v) is 4.66. The van der Waals surface area contributed by atoms with Crippen LogP contribution in [0, 0.1) is 5.82 Å². The van der Waals surface area contributed by atoms with Crippen LogP contribution in [0.3, 0.4) is 0 Å². The summed E-state index contributed by atoms with van der Waals surface area (Å²) in [7, 11) is 3.42. The Morgan fingerprint density at radius 3 is 2.48 bits per heavy atom. The molecule has 0 radical (unpaired) electrons. The van der Waals surface area contributed by atoms with Gasteiger partial charge in [-0.3, -0.25) is 9.97 Å². The van der Waals surface area contributed by atoms with E-state index in [9.17, 15) is 13.2 Å². The second-order valence-corrected chi connectivity index (χ2v) is 8.50. The van der Waals surface area contributed by atoms with Gasteiger partial charge in [-0.25, -0.2) is 13.2 Å². The van der Waals surface area contributed by atoms with E-state index < -0.39 is 29.4 Å². The molecule has 2 aromatic heterocycles. The largest absolute Gasteiger partial charge is 0.381 e. The summed E-state index contributed by atoms with van der Waals surface area (Å²) in [4.78, 5) is 9.05. The molecule has 0 spiro atoms. The molecule has 1 fully saturated rings. The number of halogens is 3. The normalized spacial score (nSPS) is 22.0. The predicted octanol–water partition coefficient (Wildman–Crippen LogP) is 6.31. The first-order valence-corrected chi connectivity index (χ1v) is 11.0. The summed E-state index contributed by atoms with van der Waals surface area (Å²) in [5.41, 5.74) is 1.27. The van der Waals surface area contributed by atoms with Crippen LogP contribution in [-0.2, 0) is 15.1 Å². The summed E-state index contributed by atoms with van der Waals surface area (Å²) in [6.07, 6.45) is 4.01. The standard InChI is InChI=1S/C25H28F3N3O2/c1-15(17-5-4-6-18(23(17)26)24(27)28)31-20-9-12-29-21-14-30-22(13-19(20)21)25(33-3)10-7-16(32-2)8-11-25/h4-6,9,12-16,24H,7-8,10-11H2,1-3H3,(H,29,31)/t15-,16?,25?/m1/s1. The number of pyridine rings is 2. The lowest BCUT2D eigenvalue weighted by atomic mass is 9.80. The number of benzene rings is 1. The number of ether oxygens (including phenoxy) is 2. The second kappa shape index (κ2) is 9.65. The number of aromatic nitrogens is 2. The zero-order valence-corrected chi connectivity index (χ0v) is 18.9. The third-order valence-corrected chi connectivity index (χ3v) is 6.69. The average Bonchev–Trinajstić information content (AvgIpc) is 2.84. The van der Waals surface area contributed by atoms with Gasteiger partial charge in [0.15, 0.2) is 0 Å². The maximum Gasteiger partial charge on any atom is 0.266 e. The number of anilines is 1. The van der Waals surface area contributed by atoms with Crippen LogP contribution in [0.5, 0.6) is 0 Å². The number of fused-ring (bicyclic) bond motifs is 1. The van der Waals surface area contributed by atoms with Gasteiger partial charge in [-0.15, -0.1) is 0 Å². The van der Waals surface area contributed by atoms with Gasteiger partial charge in [0.1, 0.15) is 11.4 Å². The van der Waals surface area contributed by atoms with Crippen molar-refractivity contribution < 1.29 is 22.6 Å². The highest BCUT2D eigenvalue weighted by Crippen LogP contribution is 2.41. The van der Waals surface area contributed by atoms with E-state index in [-0.39, 0.29) is 11.7 Å². The molecule has 0 aliphatic heterocycles. The lowest BCUT2D eigenvalue weighted by Crippen LogP contribution is -2.36. The highest BCUT2D eigenvalue weighted by Gasteiger charge is 2.38. The Labute approximate surface area is 191 Å². The third kappa shape index (κ3) is 4.54. The van der Waals surface area contributed by atoms with Crippen LogP contribution in [0.4, 0.5) is 18.9 Å². The van der Waals surface area contributed by atoms with E-state index in [1.807, 2.05) is 6.07 Å².